The number of nitro benzene ring substituents is 2. The van der Waals surface area contributed by atoms with E-state index in [1.807, 2.05) is 54.6 Å². The molecule has 0 aliphatic heterocycles. The van der Waals surface area contributed by atoms with Crippen molar-refractivity contribution in [3.63, 3.8) is 0 Å². The van der Waals surface area contributed by atoms with Crippen LogP contribution in [0.1, 0.15) is 99.6 Å². The smallest absolute Gasteiger partial charge is 0.342 e. The molecule has 2 atom stereocenters. The molecule has 62 heavy (non-hydrogen) atoms. The fraction of sp³-hybridized carbons (Fsp3) is 0.319. The van der Waals surface area contributed by atoms with Crippen LogP contribution in [-0.4, -0.2) is 40.8 Å². The van der Waals surface area contributed by atoms with E-state index in [4.69, 9.17) is 18.6 Å². The van der Waals surface area contributed by atoms with Gasteiger partial charge in [-0.25, -0.2) is 4.79 Å². The van der Waals surface area contributed by atoms with Crippen molar-refractivity contribution in [1.29, 1.82) is 0 Å². The second-order valence-corrected chi connectivity index (χ2v) is 13.2. The van der Waals surface area contributed by atoms with Crippen LogP contribution < -0.4 is 10.5 Å². The Bertz CT molecular complexity index is 2540. The number of carbonyl (C=O) groups is 3. The number of esters is 3. The molecule has 0 N–H and O–H groups in total. The Balaban J connectivity index is 0.000000455. The Morgan fingerprint density at radius 2 is 1.19 bits per heavy atom. The Morgan fingerprint density at radius 1 is 0.661 bits per heavy atom. The summed E-state index contributed by atoms with van der Waals surface area (Å²) in [5.74, 6) is -1.35. The fourth-order valence-electron chi connectivity index (χ4n) is 6.37. The number of anilines is 1. The molecule has 0 amide bonds. The second kappa shape index (κ2) is 24.2. The number of nitro groups is 2. The summed E-state index contributed by atoms with van der Waals surface area (Å²) in [6, 6.07) is 28.5. The summed E-state index contributed by atoms with van der Waals surface area (Å²) >= 11 is 0. The lowest BCUT2D eigenvalue weighted by molar-refractivity contribution is -0.386. The molecule has 0 saturated carbocycles. The van der Waals surface area contributed by atoms with Crippen molar-refractivity contribution in [3.8, 4) is 0 Å². The highest BCUT2D eigenvalue weighted by Crippen LogP contribution is 2.35. The van der Waals surface area contributed by atoms with E-state index in [2.05, 4.69) is 18.7 Å². The van der Waals surface area contributed by atoms with Crippen LogP contribution in [0.3, 0.4) is 0 Å². The standard InChI is InChI=1S/C16H19NO4.2C14H13NO4.3CH4/c1-4-17(5-2)14-7-6-12-8-13(10-20-11(3)18)16(19)21-15(12)9-14;1-9(19-10(2)16)13-7-11-5-3-4-6-12(11)8-14(13)15(17)18;1-9(19-10(2)16)12-8-7-11-5-3-4-6-13(11)14(12)15(17)18;;;/h6-9H,4-5,10H2,1-3H3;2*3-9H,1-2H3;3*1H4. The summed E-state index contributed by atoms with van der Waals surface area (Å²) in [6.45, 7) is 13.0. The van der Waals surface area contributed by atoms with E-state index in [0.717, 1.165) is 40.3 Å². The summed E-state index contributed by atoms with van der Waals surface area (Å²) in [5.41, 5.74) is 2.19. The molecule has 0 fully saturated rings. The van der Waals surface area contributed by atoms with E-state index in [0.29, 0.717) is 27.7 Å². The van der Waals surface area contributed by atoms with Gasteiger partial charge in [-0.05, 0) is 80.3 Å². The third-order valence-electron chi connectivity index (χ3n) is 9.12. The molecular formula is C47H57N3O12. The normalized spacial score (nSPS) is 11.0. The van der Waals surface area contributed by atoms with Crippen molar-refractivity contribution >= 4 is 67.5 Å². The van der Waals surface area contributed by atoms with Crippen LogP contribution in [0.4, 0.5) is 17.1 Å². The summed E-state index contributed by atoms with van der Waals surface area (Å²) in [4.78, 5) is 68.4. The Morgan fingerprint density at radius 3 is 1.73 bits per heavy atom. The lowest BCUT2D eigenvalue weighted by atomic mass is 10.0. The van der Waals surface area contributed by atoms with Crippen molar-refractivity contribution < 1.29 is 42.9 Å². The first-order valence-electron chi connectivity index (χ1n) is 18.7. The highest BCUT2D eigenvalue weighted by atomic mass is 16.6. The number of fused-ring (bicyclic) bond motifs is 3. The van der Waals surface area contributed by atoms with Gasteiger partial charge in [0.1, 0.15) is 24.4 Å². The van der Waals surface area contributed by atoms with E-state index >= 15 is 0 Å². The monoisotopic (exact) mass is 855 g/mol. The SMILES string of the molecule is C.C.C.CC(=O)OC(C)c1cc2ccccc2cc1[N+](=O)[O-].CC(=O)OC(C)c1ccc2ccccc2c1[N+](=O)[O-].CCN(CC)c1ccc2cc(COC(C)=O)c(=O)oc2c1. The Hall–Kier alpha value is -7.16. The lowest BCUT2D eigenvalue weighted by Crippen LogP contribution is -2.21. The number of hydrogen-bond acceptors (Lipinski definition) is 13. The van der Waals surface area contributed by atoms with Gasteiger partial charge in [0.25, 0.3) is 11.4 Å². The summed E-state index contributed by atoms with van der Waals surface area (Å²) in [6.07, 6.45) is -1.30. The van der Waals surface area contributed by atoms with Gasteiger partial charge in [0.2, 0.25) is 0 Å². The number of carbonyl (C=O) groups excluding carboxylic acids is 3. The average molecular weight is 856 g/mol. The molecule has 15 nitrogen and oxygen atoms in total. The average Bonchev–Trinajstić information content (AvgIpc) is 3.19. The topological polar surface area (TPSA) is 199 Å². The molecule has 5 aromatic carbocycles. The first-order valence-corrected chi connectivity index (χ1v) is 18.7. The van der Waals surface area contributed by atoms with Crippen molar-refractivity contribution in [2.75, 3.05) is 18.0 Å². The quantitative estimate of drug-likeness (QED) is 0.0392. The van der Waals surface area contributed by atoms with Gasteiger partial charge in [-0.15, -0.1) is 0 Å². The number of benzene rings is 5. The Labute approximate surface area is 361 Å². The summed E-state index contributed by atoms with van der Waals surface area (Å²) in [7, 11) is 0. The number of hydrogen-bond donors (Lipinski definition) is 0. The zero-order valence-electron chi connectivity index (χ0n) is 33.8. The molecular weight excluding hydrogens is 799 g/mol. The van der Waals surface area contributed by atoms with E-state index in [1.54, 1.807) is 50.2 Å². The molecule has 0 aliphatic rings. The molecule has 1 aromatic heterocycles. The number of ether oxygens (including phenoxy) is 3. The van der Waals surface area contributed by atoms with Gasteiger partial charge in [0.05, 0.1) is 31.9 Å². The van der Waals surface area contributed by atoms with E-state index in [1.165, 1.54) is 26.8 Å². The van der Waals surface area contributed by atoms with Gasteiger partial charge in [0, 0.05) is 57.1 Å². The third-order valence-corrected chi connectivity index (χ3v) is 9.12. The molecule has 0 spiro atoms. The van der Waals surface area contributed by atoms with Gasteiger partial charge in [-0.3, -0.25) is 34.6 Å². The molecule has 2 unspecified atom stereocenters. The molecule has 6 aromatic rings. The molecule has 1 heterocycles. The van der Waals surface area contributed by atoms with Crippen molar-refractivity contribution in [1.82, 2.24) is 0 Å². The second-order valence-electron chi connectivity index (χ2n) is 13.2. The summed E-state index contributed by atoms with van der Waals surface area (Å²) < 4.78 is 20.2. The first kappa shape index (κ1) is 52.9. The molecule has 0 saturated heterocycles. The predicted molar refractivity (Wildman–Crippen MR) is 243 cm³/mol. The predicted octanol–water partition coefficient (Wildman–Crippen LogP) is 11.4. The highest BCUT2D eigenvalue weighted by molar-refractivity contribution is 5.92. The minimum atomic E-state index is -0.650. The first-order chi connectivity index (χ1) is 28.0. The molecule has 332 valence electrons. The maximum absolute atomic E-state index is 11.9. The number of nitrogens with zero attached hydrogens (tertiary/aromatic N) is 3. The third kappa shape index (κ3) is 13.7. The van der Waals surface area contributed by atoms with Gasteiger partial charge in [-0.1, -0.05) is 70.8 Å². The van der Waals surface area contributed by atoms with Crippen LogP contribution in [0.2, 0.25) is 0 Å². The van der Waals surface area contributed by atoms with E-state index in [-0.39, 0.29) is 40.3 Å². The van der Waals surface area contributed by atoms with Crippen molar-refractivity contribution in [2.45, 2.75) is 89.6 Å². The lowest BCUT2D eigenvalue weighted by Gasteiger charge is -2.21. The van der Waals surface area contributed by atoms with Gasteiger partial charge < -0.3 is 23.5 Å². The van der Waals surface area contributed by atoms with Crippen LogP contribution >= 0.6 is 0 Å². The van der Waals surface area contributed by atoms with Crippen molar-refractivity contribution in [3.05, 3.63) is 144 Å². The van der Waals surface area contributed by atoms with Crippen molar-refractivity contribution in [2.24, 2.45) is 0 Å². The molecule has 6 rings (SSSR count). The minimum Gasteiger partial charge on any atom is -0.461 e. The van der Waals surface area contributed by atoms with Crippen LogP contribution in [-0.2, 0) is 35.2 Å². The van der Waals surface area contributed by atoms with Crippen LogP contribution in [0.5, 0.6) is 0 Å². The fourth-order valence-corrected chi connectivity index (χ4v) is 6.37. The van der Waals surface area contributed by atoms with Gasteiger partial charge in [-0.2, -0.15) is 0 Å². The molecule has 0 radical (unpaired) electrons. The van der Waals surface area contributed by atoms with E-state index < -0.39 is 45.6 Å². The maximum atomic E-state index is 11.9. The zero-order chi connectivity index (χ0) is 43.4. The maximum Gasteiger partial charge on any atom is 0.342 e. The zero-order valence-corrected chi connectivity index (χ0v) is 33.8. The summed E-state index contributed by atoms with van der Waals surface area (Å²) in [5, 5.41) is 26.2. The highest BCUT2D eigenvalue weighted by Gasteiger charge is 2.24. The number of rotatable bonds is 11. The van der Waals surface area contributed by atoms with Crippen LogP contribution in [0.15, 0.2) is 106 Å². The van der Waals surface area contributed by atoms with Crippen LogP contribution in [0, 0.1) is 20.2 Å². The van der Waals surface area contributed by atoms with Gasteiger partial charge in [0.15, 0.2) is 0 Å². The molecule has 15 heteroatoms. The minimum absolute atomic E-state index is 0. The van der Waals surface area contributed by atoms with Gasteiger partial charge >= 0.3 is 23.5 Å². The van der Waals surface area contributed by atoms with Crippen LogP contribution in [0.25, 0.3) is 32.5 Å². The largest absolute Gasteiger partial charge is 0.461 e. The Kier molecular flexibility index (Phi) is 20.6. The molecule has 0 aliphatic carbocycles. The molecule has 0 bridgehead atoms. The van der Waals surface area contributed by atoms with E-state index in [9.17, 15) is 39.4 Å².